The van der Waals surface area contributed by atoms with E-state index in [2.05, 4.69) is 10.3 Å². The van der Waals surface area contributed by atoms with Crippen LogP contribution in [0.15, 0.2) is 23.6 Å². The van der Waals surface area contributed by atoms with Crippen molar-refractivity contribution in [1.29, 1.82) is 0 Å². The Morgan fingerprint density at radius 1 is 1.45 bits per heavy atom. The summed E-state index contributed by atoms with van der Waals surface area (Å²) >= 11 is 1.36. The van der Waals surface area contributed by atoms with Crippen molar-refractivity contribution in [3.05, 3.63) is 23.6 Å². The van der Waals surface area contributed by atoms with E-state index in [0.717, 1.165) is 17.0 Å². The highest BCUT2D eigenvalue weighted by atomic mass is 32.1. The monoisotopic (exact) mass is 292 g/mol. The summed E-state index contributed by atoms with van der Waals surface area (Å²) in [5.74, 6) is 1.22. The van der Waals surface area contributed by atoms with Crippen LogP contribution in [0.3, 0.4) is 0 Å². The second-order valence-corrected chi connectivity index (χ2v) is 4.95. The predicted molar refractivity (Wildman–Crippen MR) is 74.2 cm³/mol. The molecule has 1 aromatic carbocycles. The fourth-order valence-corrected chi connectivity index (χ4v) is 2.54. The summed E-state index contributed by atoms with van der Waals surface area (Å²) < 4.78 is 15.3. The number of carbonyl (C=O) groups is 1. The fraction of sp³-hybridized carbons (Fsp3) is 0.231. The Morgan fingerprint density at radius 2 is 2.30 bits per heavy atom. The van der Waals surface area contributed by atoms with Crippen LogP contribution in [0.4, 0.5) is 5.13 Å². The Labute approximate surface area is 119 Å². The summed E-state index contributed by atoms with van der Waals surface area (Å²) in [6.07, 6.45) is 0. The molecular formula is C13H12N2O4S. The molecule has 2 heterocycles. The lowest BCUT2D eigenvalue weighted by Crippen LogP contribution is -2.16. The first-order valence-corrected chi connectivity index (χ1v) is 6.78. The maximum absolute atomic E-state index is 11.4. The first kappa shape index (κ1) is 12.9. The van der Waals surface area contributed by atoms with Crippen LogP contribution in [-0.2, 0) is 9.53 Å². The summed E-state index contributed by atoms with van der Waals surface area (Å²) in [7, 11) is 1.47. The highest BCUT2D eigenvalue weighted by Crippen LogP contribution is 2.36. The SMILES string of the molecule is COCC(=O)Nc1nc(-c2ccc3c(c2)OCO3)cs1. The molecule has 1 N–H and O–H groups in total. The van der Waals surface area contributed by atoms with E-state index in [1.165, 1.54) is 18.4 Å². The minimum atomic E-state index is -0.223. The number of rotatable bonds is 4. The van der Waals surface area contributed by atoms with Gasteiger partial charge in [0.1, 0.15) is 6.61 Å². The van der Waals surface area contributed by atoms with Crippen molar-refractivity contribution in [2.45, 2.75) is 0 Å². The van der Waals surface area contributed by atoms with E-state index in [1.807, 2.05) is 23.6 Å². The average Bonchev–Trinajstić information content (AvgIpc) is 3.06. The predicted octanol–water partition coefficient (Wildman–Crippen LogP) is 2.12. The molecule has 1 aliphatic rings. The Morgan fingerprint density at radius 3 is 3.15 bits per heavy atom. The highest BCUT2D eigenvalue weighted by Gasteiger charge is 2.15. The lowest BCUT2D eigenvalue weighted by atomic mass is 10.1. The number of thiazole rings is 1. The van der Waals surface area contributed by atoms with Crippen molar-refractivity contribution in [1.82, 2.24) is 4.98 Å². The summed E-state index contributed by atoms with van der Waals surface area (Å²) in [5.41, 5.74) is 1.69. The maximum atomic E-state index is 11.4. The molecule has 1 aliphatic heterocycles. The van der Waals surface area contributed by atoms with Crippen molar-refractivity contribution < 1.29 is 19.0 Å². The fourth-order valence-electron chi connectivity index (χ4n) is 1.81. The zero-order valence-electron chi connectivity index (χ0n) is 10.7. The van der Waals surface area contributed by atoms with E-state index >= 15 is 0 Å². The van der Waals surface area contributed by atoms with Gasteiger partial charge in [0, 0.05) is 18.1 Å². The lowest BCUT2D eigenvalue weighted by Gasteiger charge is -2.00. The van der Waals surface area contributed by atoms with Gasteiger partial charge in [-0.15, -0.1) is 11.3 Å². The molecule has 104 valence electrons. The van der Waals surface area contributed by atoms with Crippen LogP contribution in [0.5, 0.6) is 11.5 Å². The Kier molecular flexibility index (Phi) is 3.53. The smallest absolute Gasteiger partial charge is 0.252 e. The molecule has 0 saturated heterocycles. The summed E-state index contributed by atoms with van der Waals surface area (Å²) in [6, 6.07) is 5.63. The van der Waals surface area contributed by atoms with Gasteiger partial charge in [-0.1, -0.05) is 0 Å². The molecule has 0 bridgehead atoms. The van der Waals surface area contributed by atoms with Crippen LogP contribution in [0.2, 0.25) is 0 Å². The van der Waals surface area contributed by atoms with E-state index in [0.29, 0.717) is 10.9 Å². The first-order chi connectivity index (χ1) is 9.76. The number of methoxy groups -OCH3 is 1. The molecule has 6 nitrogen and oxygen atoms in total. The van der Waals surface area contributed by atoms with Gasteiger partial charge >= 0.3 is 0 Å². The van der Waals surface area contributed by atoms with Gasteiger partial charge in [-0.05, 0) is 18.2 Å². The molecule has 0 radical (unpaired) electrons. The van der Waals surface area contributed by atoms with Crippen molar-refractivity contribution in [3.8, 4) is 22.8 Å². The van der Waals surface area contributed by atoms with E-state index in [9.17, 15) is 4.79 Å². The first-order valence-electron chi connectivity index (χ1n) is 5.90. The molecule has 2 aromatic rings. The van der Waals surface area contributed by atoms with Crippen molar-refractivity contribution >= 4 is 22.4 Å². The van der Waals surface area contributed by atoms with Crippen LogP contribution in [0, 0.1) is 0 Å². The molecule has 7 heteroatoms. The van der Waals surface area contributed by atoms with Crippen LogP contribution in [0.1, 0.15) is 0 Å². The van der Waals surface area contributed by atoms with E-state index < -0.39 is 0 Å². The molecular weight excluding hydrogens is 280 g/mol. The number of ether oxygens (including phenoxy) is 3. The van der Waals surface area contributed by atoms with Gasteiger partial charge in [0.05, 0.1) is 5.69 Å². The Balaban J connectivity index is 1.78. The molecule has 0 atom stereocenters. The molecule has 0 spiro atoms. The average molecular weight is 292 g/mol. The highest BCUT2D eigenvalue weighted by molar-refractivity contribution is 7.14. The van der Waals surface area contributed by atoms with E-state index in [-0.39, 0.29) is 19.3 Å². The maximum Gasteiger partial charge on any atom is 0.252 e. The molecule has 0 saturated carbocycles. The summed E-state index contributed by atoms with van der Waals surface area (Å²) in [5, 5.41) is 5.09. The van der Waals surface area contributed by atoms with Gasteiger partial charge in [-0.3, -0.25) is 10.1 Å². The van der Waals surface area contributed by atoms with Crippen LogP contribution in [-0.4, -0.2) is 31.4 Å². The number of hydrogen-bond acceptors (Lipinski definition) is 6. The molecule has 0 fully saturated rings. The molecule has 0 aliphatic carbocycles. The number of benzene rings is 1. The van der Waals surface area contributed by atoms with Crippen LogP contribution < -0.4 is 14.8 Å². The number of carbonyl (C=O) groups excluding carboxylic acids is 1. The number of fused-ring (bicyclic) bond motifs is 1. The van der Waals surface area contributed by atoms with Gasteiger partial charge in [0.25, 0.3) is 5.91 Å². The molecule has 1 aromatic heterocycles. The van der Waals surface area contributed by atoms with Crippen molar-refractivity contribution in [2.24, 2.45) is 0 Å². The number of nitrogens with one attached hydrogen (secondary N) is 1. The van der Waals surface area contributed by atoms with E-state index in [1.54, 1.807) is 0 Å². The minimum Gasteiger partial charge on any atom is -0.454 e. The zero-order chi connectivity index (χ0) is 13.9. The lowest BCUT2D eigenvalue weighted by molar-refractivity contribution is -0.119. The van der Waals surface area contributed by atoms with Crippen molar-refractivity contribution in [3.63, 3.8) is 0 Å². The molecule has 0 unspecified atom stereocenters. The van der Waals surface area contributed by atoms with Crippen LogP contribution >= 0.6 is 11.3 Å². The van der Waals surface area contributed by atoms with Gasteiger partial charge in [-0.25, -0.2) is 4.98 Å². The van der Waals surface area contributed by atoms with Gasteiger partial charge in [0.2, 0.25) is 6.79 Å². The largest absolute Gasteiger partial charge is 0.454 e. The number of anilines is 1. The third kappa shape index (κ3) is 2.59. The Bertz CT molecular complexity index is 641. The van der Waals surface area contributed by atoms with Crippen molar-refractivity contribution in [2.75, 3.05) is 25.8 Å². The normalized spacial score (nSPS) is 12.4. The number of hydrogen-bond donors (Lipinski definition) is 1. The summed E-state index contributed by atoms with van der Waals surface area (Å²) in [6.45, 7) is 0.257. The third-order valence-corrected chi connectivity index (χ3v) is 3.45. The summed E-state index contributed by atoms with van der Waals surface area (Å²) in [4.78, 5) is 15.8. The standard InChI is InChI=1S/C13H12N2O4S/c1-17-5-12(16)15-13-14-9(6-20-13)8-2-3-10-11(4-8)19-7-18-10/h2-4,6H,5,7H2,1H3,(H,14,15,16). The van der Waals surface area contributed by atoms with Gasteiger partial charge < -0.3 is 14.2 Å². The van der Waals surface area contributed by atoms with Gasteiger partial charge in [0.15, 0.2) is 16.6 Å². The molecule has 20 heavy (non-hydrogen) atoms. The minimum absolute atomic E-state index is 0.0128. The van der Waals surface area contributed by atoms with E-state index in [4.69, 9.17) is 14.2 Å². The second kappa shape index (κ2) is 5.48. The number of aromatic nitrogens is 1. The molecule has 3 rings (SSSR count). The number of amides is 1. The third-order valence-electron chi connectivity index (χ3n) is 2.69. The Hall–Kier alpha value is -2.12. The topological polar surface area (TPSA) is 69.7 Å². The quantitative estimate of drug-likeness (QED) is 0.934. The van der Waals surface area contributed by atoms with Gasteiger partial charge in [-0.2, -0.15) is 0 Å². The van der Waals surface area contributed by atoms with Crippen LogP contribution in [0.25, 0.3) is 11.3 Å². The second-order valence-electron chi connectivity index (χ2n) is 4.09. The number of nitrogens with zero attached hydrogens (tertiary/aromatic N) is 1. The molecule has 1 amide bonds. The zero-order valence-corrected chi connectivity index (χ0v) is 11.5.